The summed E-state index contributed by atoms with van der Waals surface area (Å²) < 4.78 is 2.00. The van der Waals surface area contributed by atoms with Crippen LogP contribution in [0.3, 0.4) is 0 Å². The second-order valence-electron chi connectivity index (χ2n) is 2.63. The van der Waals surface area contributed by atoms with Crippen LogP contribution in [0.15, 0.2) is 22.9 Å². The van der Waals surface area contributed by atoms with Crippen molar-refractivity contribution in [1.29, 1.82) is 0 Å². The molecule has 0 spiro atoms. The van der Waals surface area contributed by atoms with Crippen LogP contribution in [0.4, 0.5) is 0 Å². The third kappa shape index (κ3) is 1.29. The number of halogens is 2. The van der Waals surface area contributed by atoms with Gasteiger partial charge < -0.3 is 5.11 Å². The van der Waals surface area contributed by atoms with Crippen molar-refractivity contribution in [3.05, 3.63) is 33.5 Å². The smallest absolute Gasteiger partial charge is 0.339 e. The number of aromatic carboxylic acids is 1. The zero-order chi connectivity index (χ0) is 10.3. The fourth-order valence-corrected chi connectivity index (χ4v) is 1.85. The number of carbonyl (C=O) groups is 1. The molecule has 0 bridgehead atoms. The number of rotatable bonds is 1. The van der Waals surface area contributed by atoms with Gasteiger partial charge in [-0.3, -0.25) is 0 Å². The van der Waals surface area contributed by atoms with Crippen molar-refractivity contribution in [3.63, 3.8) is 0 Å². The highest BCUT2D eigenvalue weighted by Crippen LogP contribution is 2.28. The second kappa shape index (κ2) is 3.25. The molecule has 0 fully saturated rings. The van der Waals surface area contributed by atoms with Gasteiger partial charge in [0.05, 0.1) is 21.2 Å². The maximum Gasteiger partial charge on any atom is 0.339 e. The summed E-state index contributed by atoms with van der Waals surface area (Å²) in [5.74, 6) is -1.03. The second-order valence-corrected chi connectivity index (χ2v) is 3.83. The number of hydrogen-bond donors (Lipinski definition) is 1. The Bertz CT molecular complexity index is 523. The topological polar surface area (TPSA) is 54.6 Å². The predicted octanol–water partition coefficient (Wildman–Crippen LogP) is 2.45. The van der Waals surface area contributed by atoms with Crippen LogP contribution in [0.1, 0.15) is 10.4 Å². The lowest BCUT2D eigenvalue weighted by atomic mass is 10.3. The molecule has 0 radical (unpaired) electrons. The molecule has 72 valence electrons. The van der Waals surface area contributed by atoms with Gasteiger partial charge in [0.25, 0.3) is 0 Å². The van der Waals surface area contributed by atoms with Gasteiger partial charge in [0, 0.05) is 6.20 Å². The van der Waals surface area contributed by atoms with Crippen LogP contribution >= 0.6 is 27.5 Å². The molecule has 1 N–H and O–H groups in total. The first kappa shape index (κ1) is 9.48. The summed E-state index contributed by atoms with van der Waals surface area (Å²) in [6.45, 7) is 0. The van der Waals surface area contributed by atoms with E-state index in [0.29, 0.717) is 15.0 Å². The number of fused-ring (bicyclic) bond motifs is 1. The summed E-state index contributed by atoms with van der Waals surface area (Å²) in [6, 6.07) is 1.64. The Balaban J connectivity index is 2.89. The number of carboxylic acids is 1. The van der Waals surface area contributed by atoms with Crippen molar-refractivity contribution >= 4 is 39.0 Å². The van der Waals surface area contributed by atoms with Crippen LogP contribution in [0.25, 0.3) is 5.52 Å². The van der Waals surface area contributed by atoms with Crippen LogP contribution in [0.5, 0.6) is 0 Å². The van der Waals surface area contributed by atoms with Crippen LogP contribution in [-0.4, -0.2) is 20.7 Å². The third-order valence-electron chi connectivity index (χ3n) is 1.81. The maximum atomic E-state index is 10.8. The molecule has 0 saturated carbocycles. The quantitative estimate of drug-likeness (QED) is 0.870. The van der Waals surface area contributed by atoms with Crippen molar-refractivity contribution < 1.29 is 9.90 Å². The van der Waals surface area contributed by atoms with E-state index >= 15 is 0 Å². The first-order chi connectivity index (χ1) is 6.61. The Labute approximate surface area is 92.2 Å². The molecule has 0 aliphatic carbocycles. The molecule has 0 aromatic carbocycles. The standard InChI is InChI=1S/C8H4BrClN2O2/c9-6-5(10)1-2-12-7(6)4(3-11-12)8(13)14/h1-3H,(H,13,14). The molecule has 2 heterocycles. The zero-order valence-electron chi connectivity index (χ0n) is 6.74. The van der Waals surface area contributed by atoms with Gasteiger partial charge in [0.1, 0.15) is 5.56 Å². The molecule has 0 saturated heterocycles. The molecule has 4 nitrogen and oxygen atoms in total. The number of carboxylic acid groups (broad SMARTS) is 1. The lowest BCUT2D eigenvalue weighted by molar-refractivity contribution is 0.0699. The maximum absolute atomic E-state index is 10.8. The summed E-state index contributed by atoms with van der Waals surface area (Å²) >= 11 is 9.06. The Morgan fingerprint density at radius 2 is 2.36 bits per heavy atom. The van der Waals surface area contributed by atoms with E-state index in [1.54, 1.807) is 12.3 Å². The molecule has 2 rings (SSSR count). The van der Waals surface area contributed by atoms with E-state index in [1.807, 2.05) is 0 Å². The molecule has 0 aliphatic rings. The number of aromatic nitrogens is 2. The van der Waals surface area contributed by atoms with Crippen molar-refractivity contribution in [2.45, 2.75) is 0 Å². The highest BCUT2D eigenvalue weighted by atomic mass is 79.9. The molecule has 0 aliphatic heterocycles. The van der Waals surface area contributed by atoms with Gasteiger partial charge in [-0.05, 0) is 22.0 Å². The predicted molar refractivity (Wildman–Crippen MR) is 54.9 cm³/mol. The van der Waals surface area contributed by atoms with Crippen LogP contribution in [0, 0.1) is 0 Å². The molecular formula is C8H4BrClN2O2. The van der Waals surface area contributed by atoms with Gasteiger partial charge in [-0.25, -0.2) is 9.31 Å². The van der Waals surface area contributed by atoms with Crippen LogP contribution in [0.2, 0.25) is 5.02 Å². The summed E-state index contributed by atoms with van der Waals surface area (Å²) in [7, 11) is 0. The minimum absolute atomic E-state index is 0.124. The van der Waals surface area contributed by atoms with Gasteiger partial charge >= 0.3 is 5.97 Å². The lowest BCUT2D eigenvalue weighted by Crippen LogP contribution is -1.96. The van der Waals surface area contributed by atoms with Crippen LogP contribution < -0.4 is 0 Å². The lowest BCUT2D eigenvalue weighted by Gasteiger charge is -1.99. The number of hydrogen-bond acceptors (Lipinski definition) is 2. The highest BCUT2D eigenvalue weighted by Gasteiger charge is 2.15. The number of pyridine rings is 1. The first-order valence-electron chi connectivity index (χ1n) is 3.66. The Morgan fingerprint density at radius 3 is 3.00 bits per heavy atom. The molecule has 6 heteroatoms. The van der Waals surface area contributed by atoms with E-state index in [-0.39, 0.29) is 5.56 Å². The average molecular weight is 275 g/mol. The zero-order valence-corrected chi connectivity index (χ0v) is 9.08. The van der Waals surface area contributed by atoms with Crippen molar-refractivity contribution in [2.24, 2.45) is 0 Å². The van der Waals surface area contributed by atoms with Crippen molar-refractivity contribution in [3.8, 4) is 0 Å². The highest BCUT2D eigenvalue weighted by molar-refractivity contribution is 9.10. The fraction of sp³-hybridized carbons (Fsp3) is 0. The Hall–Kier alpha value is -1.07. The molecule has 0 amide bonds. The van der Waals surface area contributed by atoms with Gasteiger partial charge in [0.15, 0.2) is 0 Å². The minimum Gasteiger partial charge on any atom is -0.478 e. The normalized spacial score (nSPS) is 10.7. The molecular weight excluding hydrogens is 271 g/mol. The van der Waals surface area contributed by atoms with E-state index in [1.165, 1.54) is 10.7 Å². The van der Waals surface area contributed by atoms with Crippen molar-refractivity contribution in [1.82, 2.24) is 9.61 Å². The molecule has 2 aromatic rings. The van der Waals surface area contributed by atoms with Crippen LogP contribution in [-0.2, 0) is 0 Å². The van der Waals surface area contributed by atoms with Gasteiger partial charge in [-0.1, -0.05) is 11.6 Å². The van der Waals surface area contributed by atoms with E-state index in [9.17, 15) is 4.79 Å². The molecule has 2 aromatic heterocycles. The first-order valence-corrected chi connectivity index (χ1v) is 4.83. The molecule has 14 heavy (non-hydrogen) atoms. The molecule has 0 unspecified atom stereocenters. The van der Waals surface area contributed by atoms with E-state index in [0.717, 1.165) is 0 Å². The van der Waals surface area contributed by atoms with E-state index < -0.39 is 5.97 Å². The van der Waals surface area contributed by atoms with Gasteiger partial charge in [0.2, 0.25) is 0 Å². The average Bonchev–Trinajstić information content (AvgIpc) is 2.55. The van der Waals surface area contributed by atoms with Crippen molar-refractivity contribution in [2.75, 3.05) is 0 Å². The van der Waals surface area contributed by atoms with Gasteiger partial charge in [-0.15, -0.1) is 0 Å². The minimum atomic E-state index is -1.03. The molecule has 0 atom stereocenters. The summed E-state index contributed by atoms with van der Waals surface area (Å²) in [5.41, 5.74) is 0.587. The number of nitrogens with zero attached hydrogens (tertiary/aromatic N) is 2. The van der Waals surface area contributed by atoms with E-state index in [2.05, 4.69) is 21.0 Å². The van der Waals surface area contributed by atoms with E-state index in [4.69, 9.17) is 16.7 Å². The Morgan fingerprint density at radius 1 is 1.64 bits per heavy atom. The summed E-state index contributed by atoms with van der Waals surface area (Å²) in [4.78, 5) is 10.8. The Kier molecular flexibility index (Phi) is 2.20. The summed E-state index contributed by atoms with van der Waals surface area (Å²) in [5, 5.41) is 13.2. The van der Waals surface area contributed by atoms with Gasteiger partial charge in [-0.2, -0.15) is 5.10 Å². The summed E-state index contributed by atoms with van der Waals surface area (Å²) in [6.07, 6.45) is 2.90. The fourth-order valence-electron chi connectivity index (χ4n) is 1.17. The largest absolute Gasteiger partial charge is 0.478 e. The third-order valence-corrected chi connectivity index (χ3v) is 3.15. The SMILES string of the molecule is O=C(O)c1cnn2ccc(Cl)c(Br)c12. The monoisotopic (exact) mass is 274 g/mol.